The summed E-state index contributed by atoms with van der Waals surface area (Å²) in [6, 6.07) is 14.0. The van der Waals surface area contributed by atoms with Crippen LogP contribution in [0.2, 0.25) is 0 Å². The van der Waals surface area contributed by atoms with E-state index in [2.05, 4.69) is 20.9 Å². The highest BCUT2D eigenvalue weighted by Gasteiger charge is 2.43. The summed E-state index contributed by atoms with van der Waals surface area (Å²) in [6.45, 7) is 1.61. The van der Waals surface area contributed by atoms with Crippen molar-refractivity contribution < 1.29 is 14.4 Å². The van der Waals surface area contributed by atoms with Crippen LogP contribution in [0.5, 0.6) is 0 Å². The van der Waals surface area contributed by atoms with Gasteiger partial charge in [0.25, 0.3) is 5.91 Å². The first-order valence-electron chi connectivity index (χ1n) is 8.53. The lowest BCUT2D eigenvalue weighted by Gasteiger charge is -2.21. The number of urea groups is 1. The van der Waals surface area contributed by atoms with E-state index in [0.29, 0.717) is 11.3 Å². The van der Waals surface area contributed by atoms with Crippen molar-refractivity contribution in [2.75, 3.05) is 5.32 Å². The van der Waals surface area contributed by atoms with E-state index < -0.39 is 17.5 Å². The number of aromatic nitrogens is 1. The summed E-state index contributed by atoms with van der Waals surface area (Å²) in [4.78, 5) is 40.2. The third kappa shape index (κ3) is 3.37. The number of anilines is 1. The summed E-state index contributed by atoms with van der Waals surface area (Å²) in [5, 5.41) is 8.32. The Morgan fingerprint density at radius 3 is 2.75 bits per heavy atom. The first-order chi connectivity index (χ1) is 13.4. The molecule has 1 atom stereocenters. The van der Waals surface area contributed by atoms with E-state index in [1.807, 2.05) is 24.3 Å². The number of fused-ring (bicyclic) bond motifs is 1. The zero-order valence-electron chi connectivity index (χ0n) is 14.9. The molecule has 1 fully saturated rings. The summed E-state index contributed by atoms with van der Waals surface area (Å²) in [5.41, 5.74) is 0.815. The smallest absolute Gasteiger partial charge is 0.322 e. The average molecular weight is 392 g/mol. The summed E-state index contributed by atoms with van der Waals surface area (Å²) in [7, 11) is 0. The van der Waals surface area contributed by atoms with Crippen LogP contribution in [0.1, 0.15) is 17.5 Å². The number of nitrogens with zero attached hydrogens (tertiary/aromatic N) is 1. The lowest BCUT2D eigenvalue weighted by atomic mass is 9.92. The van der Waals surface area contributed by atoms with Gasteiger partial charge in [0.1, 0.15) is 10.5 Å². The van der Waals surface area contributed by atoms with Crippen LogP contribution in [0.15, 0.2) is 54.6 Å². The fourth-order valence-corrected chi connectivity index (χ4v) is 3.82. The number of hydrogen-bond donors (Lipinski definition) is 3. The quantitative estimate of drug-likeness (QED) is 0.469. The van der Waals surface area contributed by atoms with Crippen LogP contribution < -0.4 is 16.0 Å². The van der Waals surface area contributed by atoms with Gasteiger partial charge >= 0.3 is 6.03 Å². The molecular formula is C20H16N4O3S. The number of carbonyl (C=O) groups excluding carboxylic acids is 3. The molecule has 2 aromatic carbocycles. The molecule has 0 spiro atoms. The number of hydrogen-bond acceptors (Lipinski definition) is 5. The van der Waals surface area contributed by atoms with Gasteiger partial charge in [0.05, 0.1) is 10.2 Å². The van der Waals surface area contributed by atoms with Gasteiger partial charge in [0.15, 0.2) is 0 Å². The van der Waals surface area contributed by atoms with Crippen molar-refractivity contribution in [3.63, 3.8) is 0 Å². The van der Waals surface area contributed by atoms with Gasteiger partial charge in [-0.3, -0.25) is 14.9 Å². The highest BCUT2D eigenvalue weighted by Crippen LogP contribution is 2.26. The van der Waals surface area contributed by atoms with E-state index in [9.17, 15) is 14.4 Å². The fraction of sp³-hybridized carbons (Fsp3) is 0.100. The molecule has 140 valence electrons. The third-order valence-electron chi connectivity index (χ3n) is 4.44. The van der Waals surface area contributed by atoms with Gasteiger partial charge in [-0.25, -0.2) is 9.78 Å². The minimum Gasteiger partial charge on any atom is -0.323 e. The molecule has 0 radical (unpaired) electrons. The molecule has 4 amide bonds. The molecule has 8 heteroatoms. The first-order valence-corrected chi connectivity index (χ1v) is 9.34. The van der Waals surface area contributed by atoms with Gasteiger partial charge in [0, 0.05) is 11.8 Å². The minimum absolute atomic E-state index is 0.318. The molecule has 3 N–H and O–H groups in total. The van der Waals surface area contributed by atoms with Crippen molar-refractivity contribution in [2.45, 2.75) is 12.5 Å². The molecule has 0 saturated carbocycles. The number of rotatable bonds is 4. The molecular weight excluding hydrogens is 376 g/mol. The van der Waals surface area contributed by atoms with Gasteiger partial charge < -0.3 is 10.6 Å². The lowest BCUT2D eigenvalue weighted by molar-refractivity contribution is -0.123. The SMILES string of the molecule is CC1(c2cccc(NC(=O)/C=C/c3nc4ccccc4s3)c2)NC(=O)NC1=O. The molecule has 28 heavy (non-hydrogen) atoms. The van der Waals surface area contributed by atoms with Crippen LogP contribution in [0, 0.1) is 0 Å². The Hall–Kier alpha value is -3.52. The van der Waals surface area contributed by atoms with Crippen LogP contribution in [-0.4, -0.2) is 22.8 Å². The Morgan fingerprint density at radius 2 is 2.00 bits per heavy atom. The molecule has 1 aliphatic heterocycles. The summed E-state index contributed by atoms with van der Waals surface area (Å²) in [6.07, 6.45) is 3.08. The number of nitrogens with one attached hydrogen (secondary N) is 3. The second kappa shape index (κ2) is 6.90. The highest BCUT2D eigenvalue weighted by molar-refractivity contribution is 7.19. The lowest BCUT2D eigenvalue weighted by Crippen LogP contribution is -2.40. The maximum absolute atomic E-state index is 12.3. The number of thiazole rings is 1. The van der Waals surface area contributed by atoms with Crippen molar-refractivity contribution in [3.8, 4) is 0 Å². The van der Waals surface area contributed by atoms with Crippen molar-refractivity contribution >= 4 is 51.2 Å². The second-order valence-electron chi connectivity index (χ2n) is 6.46. The van der Waals surface area contributed by atoms with Crippen molar-refractivity contribution in [1.29, 1.82) is 0 Å². The molecule has 2 heterocycles. The van der Waals surface area contributed by atoms with E-state index in [4.69, 9.17) is 0 Å². The largest absolute Gasteiger partial charge is 0.323 e. The van der Waals surface area contributed by atoms with E-state index in [0.717, 1.165) is 15.2 Å². The molecule has 1 unspecified atom stereocenters. The zero-order chi connectivity index (χ0) is 19.7. The summed E-state index contributed by atoms with van der Waals surface area (Å²) >= 11 is 1.50. The molecule has 1 aliphatic rings. The molecule has 7 nitrogen and oxygen atoms in total. The summed E-state index contributed by atoms with van der Waals surface area (Å²) < 4.78 is 1.06. The van der Waals surface area contributed by atoms with Crippen LogP contribution in [0.25, 0.3) is 16.3 Å². The van der Waals surface area contributed by atoms with E-state index >= 15 is 0 Å². The van der Waals surface area contributed by atoms with E-state index in [1.54, 1.807) is 37.3 Å². The Balaban J connectivity index is 1.49. The maximum Gasteiger partial charge on any atom is 0.322 e. The van der Waals surface area contributed by atoms with Crippen molar-refractivity contribution in [3.05, 3.63) is 65.2 Å². The Bertz CT molecular complexity index is 1100. The second-order valence-corrected chi connectivity index (χ2v) is 7.52. The van der Waals surface area contributed by atoms with Gasteiger partial charge in [0.2, 0.25) is 5.91 Å². The molecule has 3 aromatic rings. The van der Waals surface area contributed by atoms with Gasteiger partial charge in [-0.15, -0.1) is 11.3 Å². The number of para-hydroxylation sites is 1. The predicted molar refractivity (Wildman–Crippen MR) is 108 cm³/mol. The Labute approximate surface area is 164 Å². The van der Waals surface area contributed by atoms with E-state index in [-0.39, 0.29) is 5.91 Å². The maximum atomic E-state index is 12.3. The van der Waals surface area contributed by atoms with Gasteiger partial charge in [-0.2, -0.15) is 0 Å². The topological polar surface area (TPSA) is 100 Å². The predicted octanol–water partition coefficient (Wildman–Crippen LogP) is 3.00. The monoisotopic (exact) mass is 392 g/mol. The summed E-state index contributed by atoms with van der Waals surface area (Å²) in [5.74, 6) is -0.752. The number of imide groups is 1. The van der Waals surface area contributed by atoms with Crippen LogP contribution in [-0.2, 0) is 15.1 Å². The molecule has 4 rings (SSSR count). The molecule has 0 aliphatic carbocycles. The first kappa shape index (κ1) is 17.9. The van der Waals surface area contributed by atoms with Crippen molar-refractivity contribution in [1.82, 2.24) is 15.6 Å². The third-order valence-corrected chi connectivity index (χ3v) is 5.44. The van der Waals surface area contributed by atoms with Crippen LogP contribution in [0.3, 0.4) is 0 Å². The molecule has 1 aromatic heterocycles. The standard InChI is InChI=1S/C20H16N4O3S/c1-20(18(26)23-19(27)24-20)12-5-4-6-13(11-12)21-16(25)9-10-17-22-14-7-2-3-8-15(14)28-17/h2-11H,1H3,(H,21,25)(H2,23,24,26,27)/b10-9+. The zero-order valence-corrected chi connectivity index (χ0v) is 15.7. The average Bonchev–Trinajstić information content (AvgIpc) is 3.20. The Morgan fingerprint density at radius 1 is 1.18 bits per heavy atom. The fourth-order valence-electron chi connectivity index (χ4n) is 2.95. The molecule has 1 saturated heterocycles. The number of amides is 4. The number of benzene rings is 2. The van der Waals surface area contributed by atoms with Gasteiger partial charge in [-0.1, -0.05) is 24.3 Å². The van der Waals surface area contributed by atoms with Crippen LogP contribution >= 0.6 is 11.3 Å². The minimum atomic E-state index is -1.17. The molecule has 0 bridgehead atoms. The van der Waals surface area contributed by atoms with Crippen molar-refractivity contribution in [2.24, 2.45) is 0 Å². The van der Waals surface area contributed by atoms with Crippen LogP contribution in [0.4, 0.5) is 10.5 Å². The Kier molecular flexibility index (Phi) is 4.40. The van der Waals surface area contributed by atoms with Gasteiger partial charge in [-0.05, 0) is 42.8 Å². The number of carbonyl (C=O) groups is 3. The highest BCUT2D eigenvalue weighted by atomic mass is 32.1. The normalized spacial score (nSPS) is 19.0. The van der Waals surface area contributed by atoms with E-state index in [1.165, 1.54) is 17.4 Å².